The molecule has 0 aliphatic carbocycles. The first kappa shape index (κ1) is 18.2. The van der Waals surface area contributed by atoms with Crippen molar-refractivity contribution in [2.24, 2.45) is 5.92 Å². The van der Waals surface area contributed by atoms with Gasteiger partial charge in [0, 0.05) is 30.5 Å². The molecule has 1 amide bonds. The van der Waals surface area contributed by atoms with E-state index in [2.05, 4.69) is 45.5 Å². The summed E-state index contributed by atoms with van der Waals surface area (Å²) in [4.78, 5) is 19.3. The number of aromatic nitrogens is 1. The Morgan fingerprint density at radius 1 is 0.964 bits per heavy atom. The predicted octanol–water partition coefficient (Wildman–Crippen LogP) is 4.79. The molecule has 0 unspecified atom stereocenters. The van der Waals surface area contributed by atoms with Crippen LogP contribution in [-0.2, 0) is 6.42 Å². The van der Waals surface area contributed by atoms with Crippen LogP contribution in [-0.4, -0.2) is 24.0 Å². The van der Waals surface area contributed by atoms with Crippen LogP contribution in [0.5, 0.6) is 0 Å². The molecular formula is C24H25N3O. The van der Waals surface area contributed by atoms with Gasteiger partial charge in [-0.25, -0.2) is 4.98 Å². The molecule has 4 nitrogen and oxygen atoms in total. The van der Waals surface area contributed by atoms with Gasteiger partial charge in [0.1, 0.15) is 5.82 Å². The van der Waals surface area contributed by atoms with Crippen LogP contribution in [0.3, 0.4) is 0 Å². The highest BCUT2D eigenvalue weighted by Gasteiger charge is 2.21. The fraction of sp³-hybridized carbons (Fsp3) is 0.250. The molecule has 0 spiro atoms. The molecule has 4 heteroatoms. The van der Waals surface area contributed by atoms with Gasteiger partial charge in [-0.2, -0.15) is 0 Å². The third-order valence-corrected chi connectivity index (χ3v) is 5.35. The maximum Gasteiger partial charge on any atom is 0.255 e. The summed E-state index contributed by atoms with van der Waals surface area (Å²) in [6, 6.07) is 23.9. The monoisotopic (exact) mass is 371 g/mol. The summed E-state index contributed by atoms with van der Waals surface area (Å²) in [7, 11) is 0. The minimum absolute atomic E-state index is 0.103. The summed E-state index contributed by atoms with van der Waals surface area (Å²) in [6.07, 6.45) is 5.17. The third-order valence-electron chi connectivity index (χ3n) is 5.35. The fourth-order valence-corrected chi connectivity index (χ4v) is 3.77. The second-order valence-electron chi connectivity index (χ2n) is 7.34. The van der Waals surface area contributed by atoms with Crippen LogP contribution in [0.15, 0.2) is 79.0 Å². The number of anilines is 2. The molecule has 2 heterocycles. The maximum absolute atomic E-state index is 12.5. The molecule has 28 heavy (non-hydrogen) atoms. The Labute approximate surface area is 166 Å². The van der Waals surface area contributed by atoms with Gasteiger partial charge in [-0.3, -0.25) is 4.79 Å². The lowest BCUT2D eigenvalue weighted by atomic mass is 9.90. The molecule has 1 saturated heterocycles. The van der Waals surface area contributed by atoms with Gasteiger partial charge < -0.3 is 10.2 Å². The molecule has 1 N–H and O–H groups in total. The number of nitrogens with zero attached hydrogens (tertiary/aromatic N) is 2. The average molecular weight is 371 g/mol. The summed E-state index contributed by atoms with van der Waals surface area (Å²) in [5, 5.41) is 2.94. The number of rotatable bonds is 5. The molecule has 142 valence electrons. The number of hydrogen-bond donors (Lipinski definition) is 1. The fourth-order valence-electron chi connectivity index (χ4n) is 3.77. The topological polar surface area (TPSA) is 45.2 Å². The lowest BCUT2D eigenvalue weighted by molar-refractivity contribution is 0.102. The van der Waals surface area contributed by atoms with E-state index in [9.17, 15) is 4.79 Å². The molecule has 1 fully saturated rings. The molecule has 0 atom stereocenters. The Balaban J connectivity index is 1.36. The van der Waals surface area contributed by atoms with Gasteiger partial charge in [0.25, 0.3) is 5.91 Å². The molecule has 0 saturated carbocycles. The normalized spacial score (nSPS) is 14.6. The number of piperidine rings is 1. The molecule has 2 aromatic carbocycles. The van der Waals surface area contributed by atoms with E-state index in [1.165, 1.54) is 5.56 Å². The first-order valence-corrected chi connectivity index (χ1v) is 9.89. The Morgan fingerprint density at radius 2 is 1.64 bits per heavy atom. The van der Waals surface area contributed by atoms with Crippen molar-refractivity contribution in [3.8, 4) is 0 Å². The molecule has 1 aromatic heterocycles. The van der Waals surface area contributed by atoms with Gasteiger partial charge in [-0.05, 0) is 55.0 Å². The quantitative estimate of drug-likeness (QED) is 0.701. The lowest BCUT2D eigenvalue weighted by Gasteiger charge is -2.33. The van der Waals surface area contributed by atoms with Crippen LogP contribution < -0.4 is 10.2 Å². The van der Waals surface area contributed by atoms with Crippen LogP contribution >= 0.6 is 0 Å². The standard InChI is InChI=1S/C24H25N3O/c28-24(26-22-9-5-2-6-10-22)21-11-14-25-23(18-21)27-15-12-20(13-16-27)17-19-7-3-1-4-8-19/h1-11,14,18,20H,12-13,15-17H2,(H,26,28). The highest BCUT2D eigenvalue weighted by molar-refractivity contribution is 6.04. The van der Waals surface area contributed by atoms with E-state index < -0.39 is 0 Å². The number of amides is 1. The Bertz CT molecular complexity index is 903. The van der Waals surface area contributed by atoms with Gasteiger partial charge in [0.15, 0.2) is 0 Å². The van der Waals surface area contributed by atoms with Gasteiger partial charge in [-0.15, -0.1) is 0 Å². The predicted molar refractivity (Wildman–Crippen MR) is 114 cm³/mol. The number of hydrogen-bond acceptors (Lipinski definition) is 3. The van der Waals surface area contributed by atoms with Crippen molar-refractivity contribution in [1.82, 2.24) is 4.98 Å². The van der Waals surface area contributed by atoms with Crippen molar-refractivity contribution < 1.29 is 4.79 Å². The highest BCUT2D eigenvalue weighted by atomic mass is 16.1. The Morgan fingerprint density at radius 3 is 2.36 bits per heavy atom. The van der Waals surface area contributed by atoms with Crippen molar-refractivity contribution in [2.45, 2.75) is 19.3 Å². The summed E-state index contributed by atoms with van der Waals surface area (Å²) in [5.41, 5.74) is 2.85. The Hall–Kier alpha value is -3.14. The van der Waals surface area contributed by atoms with E-state index in [0.717, 1.165) is 43.9 Å². The molecule has 3 aromatic rings. The third kappa shape index (κ3) is 4.58. The number of para-hydroxylation sites is 1. The second kappa shape index (κ2) is 8.70. The van der Waals surface area contributed by atoms with Crippen LogP contribution in [0.1, 0.15) is 28.8 Å². The maximum atomic E-state index is 12.5. The average Bonchev–Trinajstić information content (AvgIpc) is 2.76. The van der Waals surface area contributed by atoms with Crippen LogP contribution in [0, 0.1) is 5.92 Å². The van der Waals surface area contributed by atoms with E-state index in [0.29, 0.717) is 11.5 Å². The van der Waals surface area contributed by atoms with Crippen molar-refractivity contribution in [2.75, 3.05) is 23.3 Å². The first-order chi connectivity index (χ1) is 13.8. The van der Waals surface area contributed by atoms with E-state index in [1.54, 1.807) is 12.3 Å². The molecular weight excluding hydrogens is 346 g/mol. The molecule has 0 radical (unpaired) electrons. The van der Waals surface area contributed by atoms with Gasteiger partial charge in [-0.1, -0.05) is 48.5 Å². The smallest absolute Gasteiger partial charge is 0.255 e. The van der Waals surface area contributed by atoms with Gasteiger partial charge in [0.05, 0.1) is 0 Å². The van der Waals surface area contributed by atoms with Crippen molar-refractivity contribution in [1.29, 1.82) is 0 Å². The zero-order valence-electron chi connectivity index (χ0n) is 15.9. The highest BCUT2D eigenvalue weighted by Crippen LogP contribution is 2.25. The summed E-state index contributed by atoms with van der Waals surface area (Å²) >= 11 is 0. The van der Waals surface area contributed by atoms with E-state index in [4.69, 9.17) is 0 Å². The van der Waals surface area contributed by atoms with Crippen molar-refractivity contribution in [3.63, 3.8) is 0 Å². The Kier molecular flexibility index (Phi) is 5.66. The second-order valence-corrected chi connectivity index (χ2v) is 7.34. The largest absolute Gasteiger partial charge is 0.357 e. The summed E-state index contributed by atoms with van der Waals surface area (Å²) in [5.74, 6) is 1.50. The zero-order valence-corrected chi connectivity index (χ0v) is 15.9. The SMILES string of the molecule is O=C(Nc1ccccc1)c1ccnc(N2CCC(Cc3ccccc3)CC2)c1. The first-order valence-electron chi connectivity index (χ1n) is 9.89. The van der Waals surface area contributed by atoms with Crippen LogP contribution in [0.25, 0.3) is 0 Å². The molecule has 1 aliphatic rings. The molecule has 1 aliphatic heterocycles. The molecule has 0 bridgehead atoms. The van der Waals surface area contributed by atoms with E-state index in [-0.39, 0.29) is 5.91 Å². The van der Waals surface area contributed by atoms with Crippen molar-refractivity contribution in [3.05, 3.63) is 90.1 Å². The summed E-state index contributed by atoms with van der Waals surface area (Å²) < 4.78 is 0. The number of pyridine rings is 1. The van der Waals surface area contributed by atoms with Crippen LogP contribution in [0.2, 0.25) is 0 Å². The van der Waals surface area contributed by atoms with Gasteiger partial charge in [0.2, 0.25) is 0 Å². The number of benzene rings is 2. The number of carbonyl (C=O) groups excluding carboxylic acids is 1. The minimum atomic E-state index is -0.103. The lowest BCUT2D eigenvalue weighted by Crippen LogP contribution is -2.35. The van der Waals surface area contributed by atoms with Gasteiger partial charge >= 0.3 is 0 Å². The minimum Gasteiger partial charge on any atom is -0.357 e. The van der Waals surface area contributed by atoms with E-state index in [1.807, 2.05) is 36.4 Å². The number of nitrogens with one attached hydrogen (secondary N) is 1. The van der Waals surface area contributed by atoms with E-state index >= 15 is 0 Å². The molecule has 4 rings (SSSR count). The summed E-state index contributed by atoms with van der Waals surface area (Å²) in [6.45, 7) is 1.96. The zero-order chi connectivity index (χ0) is 19.2. The van der Waals surface area contributed by atoms with Crippen molar-refractivity contribution >= 4 is 17.4 Å². The number of carbonyl (C=O) groups is 1. The van der Waals surface area contributed by atoms with Crippen LogP contribution in [0.4, 0.5) is 11.5 Å².